The van der Waals surface area contributed by atoms with Crippen LogP contribution in [0.15, 0.2) is 46.9 Å². The average Bonchev–Trinajstić information content (AvgIpc) is 3.29. The average molecular weight is 414 g/mol. The third-order valence-electron chi connectivity index (χ3n) is 4.17. The lowest BCUT2D eigenvalue weighted by Crippen LogP contribution is -2.19. The zero-order valence-electron chi connectivity index (χ0n) is 14.7. The highest BCUT2D eigenvalue weighted by atomic mass is 32.1. The number of aromatic nitrogens is 2. The number of nitro benzene ring substituents is 1. The Labute approximate surface area is 166 Å². The first-order valence-electron chi connectivity index (χ1n) is 8.26. The summed E-state index contributed by atoms with van der Waals surface area (Å²) in [5, 5.41) is 11.1. The summed E-state index contributed by atoms with van der Waals surface area (Å²) in [6.07, 6.45) is 0. The number of fused-ring (bicyclic) bond motifs is 2. The number of methoxy groups -OCH3 is 1. The molecule has 1 amide bonds. The molecule has 0 aliphatic rings. The van der Waals surface area contributed by atoms with E-state index in [0.717, 1.165) is 14.9 Å². The molecule has 28 heavy (non-hydrogen) atoms. The van der Waals surface area contributed by atoms with E-state index in [9.17, 15) is 14.9 Å². The molecule has 0 bridgehead atoms. The summed E-state index contributed by atoms with van der Waals surface area (Å²) in [6, 6.07) is 9.88. The Morgan fingerprint density at radius 3 is 2.93 bits per heavy atom. The van der Waals surface area contributed by atoms with Crippen LogP contribution in [0.1, 0.15) is 10.4 Å². The van der Waals surface area contributed by atoms with Gasteiger partial charge in [-0.05, 0) is 24.3 Å². The van der Waals surface area contributed by atoms with E-state index >= 15 is 0 Å². The molecule has 0 radical (unpaired) electrons. The van der Waals surface area contributed by atoms with Gasteiger partial charge >= 0.3 is 0 Å². The van der Waals surface area contributed by atoms with Gasteiger partial charge in [-0.25, -0.2) is 4.98 Å². The van der Waals surface area contributed by atoms with Crippen molar-refractivity contribution in [1.29, 1.82) is 0 Å². The number of carbonyl (C=O) groups is 1. The van der Waals surface area contributed by atoms with Crippen LogP contribution < -0.4 is 4.80 Å². The maximum absolute atomic E-state index is 12.7. The van der Waals surface area contributed by atoms with Crippen molar-refractivity contribution >= 4 is 54.7 Å². The zero-order chi connectivity index (χ0) is 19.7. The molecule has 0 N–H and O–H groups in total. The number of hydrogen-bond acceptors (Lipinski definition) is 7. The first kappa shape index (κ1) is 18.4. The van der Waals surface area contributed by atoms with Crippen LogP contribution in [0, 0.1) is 10.1 Å². The van der Waals surface area contributed by atoms with E-state index in [1.807, 2.05) is 0 Å². The van der Waals surface area contributed by atoms with Crippen LogP contribution in [0.5, 0.6) is 0 Å². The molecular weight excluding hydrogens is 400 g/mol. The highest BCUT2D eigenvalue weighted by molar-refractivity contribution is 7.17. The molecule has 8 nitrogen and oxygen atoms in total. The van der Waals surface area contributed by atoms with Gasteiger partial charge in [0.2, 0.25) is 0 Å². The third-order valence-corrected chi connectivity index (χ3v) is 6.02. The molecule has 10 heteroatoms. The molecule has 0 aliphatic carbocycles. The molecule has 0 spiro atoms. The molecule has 0 unspecified atom stereocenters. The molecule has 0 atom stereocenters. The van der Waals surface area contributed by atoms with Gasteiger partial charge in [0.05, 0.1) is 37.5 Å². The predicted octanol–water partition coefficient (Wildman–Crippen LogP) is 3.61. The predicted molar refractivity (Wildman–Crippen MR) is 108 cm³/mol. The summed E-state index contributed by atoms with van der Waals surface area (Å²) >= 11 is 2.77. The summed E-state index contributed by atoms with van der Waals surface area (Å²) in [5.41, 5.74) is 3.68. The number of rotatable bonds is 5. The molecule has 2 aromatic carbocycles. The van der Waals surface area contributed by atoms with E-state index in [1.165, 1.54) is 34.8 Å². The quantitative estimate of drug-likeness (QED) is 0.367. The summed E-state index contributed by atoms with van der Waals surface area (Å²) in [6.45, 7) is 0.820. The van der Waals surface area contributed by atoms with Crippen molar-refractivity contribution in [3.8, 4) is 0 Å². The number of amides is 1. The van der Waals surface area contributed by atoms with E-state index in [2.05, 4.69) is 9.98 Å². The smallest absolute Gasteiger partial charge is 0.279 e. The Bertz CT molecular complexity index is 1270. The first-order chi connectivity index (χ1) is 13.6. The fraction of sp³-hybridized carbons (Fsp3) is 0.167. The van der Waals surface area contributed by atoms with Gasteiger partial charge in [0, 0.05) is 31.4 Å². The molecule has 4 aromatic rings. The monoisotopic (exact) mass is 414 g/mol. The Morgan fingerprint density at radius 1 is 1.29 bits per heavy atom. The lowest BCUT2D eigenvalue weighted by molar-refractivity contribution is -0.384. The second-order valence-corrected chi connectivity index (χ2v) is 7.79. The van der Waals surface area contributed by atoms with Gasteiger partial charge in [0.1, 0.15) is 0 Å². The van der Waals surface area contributed by atoms with E-state index in [-0.39, 0.29) is 11.6 Å². The number of nitro groups is 1. The number of benzene rings is 2. The topological polar surface area (TPSA) is 99.6 Å². The van der Waals surface area contributed by atoms with Crippen LogP contribution in [0.3, 0.4) is 0 Å². The van der Waals surface area contributed by atoms with Gasteiger partial charge in [-0.2, -0.15) is 4.99 Å². The van der Waals surface area contributed by atoms with Gasteiger partial charge in [-0.1, -0.05) is 11.3 Å². The number of nitrogens with zero attached hydrogens (tertiary/aromatic N) is 4. The van der Waals surface area contributed by atoms with Crippen molar-refractivity contribution in [2.45, 2.75) is 6.54 Å². The molecule has 2 aromatic heterocycles. The Morgan fingerprint density at radius 2 is 2.14 bits per heavy atom. The fourth-order valence-corrected chi connectivity index (χ4v) is 4.55. The lowest BCUT2D eigenvalue weighted by Gasteiger charge is -2.04. The molecule has 0 saturated heterocycles. The highest BCUT2D eigenvalue weighted by Crippen LogP contribution is 2.23. The molecule has 0 fully saturated rings. The number of carbonyl (C=O) groups excluding carboxylic acids is 1. The van der Waals surface area contributed by atoms with Gasteiger partial charge in [-0.3, -0.25) is 14.9 Å². The summed E-state index contributed by atoms with van der Waals surface area (Å²) < 4.78 is 8.65. The Kier molecular flexibility index (Phi) is 4.99. The second kappa shape index (κ2) is 7.58. The van der Waals surface area contributed by atoms with Crippen molar-refractivity contribution in [3.05, 3.63) is 62.4 Å². The maximum atomic E-state index is 12.7. The second-order valence-electron chi connectivity index (χ2n) is 5.89. The van der Waals surface area contributed by atoms with Gasteiger partial charge < -0.3 is 9.30 Å². The van der Waals surface area contributed by atoms with Crippen molar-refractivity contribution in [1.82, 2.24) is 9.55 Å². The number of non-ortho nitro benzene ring substituents is 1. The Balaban J connectivity index is 1.83. The number of thiazole rings is 2. The lowest BCUT2D eigenvalue weighted by atomic mass is 10.2. The fourth-order valence-electron chi connectivity index (χ4n) is 2.79. The van der Waals surface area contributed by atoms with E-state index in [1.54, 1.807) is 41.5 Å². The summed E-state index contributed by atoms with van der Waals surface area (Å²) in [4.78, 5) is 32.4. The van der Waals surface area contributed by atoms with Gasteiger partial charge in [-0.15, -0.1) is 11.3 Å². The molecular formula is C18H14N4O4S2. The number of ether oxygens (including phenoxy) is 1. The summed E-state index contributed by atoms with van der Waals surface area (Å²) in [5.74, 6) is -0.373. The van der Waals surface area contributed by atoms with Crippen molar-refractivity contribution in [2.24, 2.45) is 4.99 Å². The molecule has 2 heterocycles. The van der Waals surface area contributed by atoms with Crippen LogP contribution in [-0.2, 0) is 11.3 Å². The SMILES string of the molecule is COCCn1c(=NC(=O)c2ccc3ncsc3c2)sc2ccc([N+](=O)[O-])cc21. The molecule has 142 valence electrons. The van der Waals surface area contributed by atoms with Crippen LogP contribution in [-0.4, -0.2) is 34.1 Å². The molecule has 4 rings (SSSR count). The standard InChI is InChI=1S/C18H14N4O4S2/c1-26-7-6-21-14-9-12(22(24)25)3-5-15(14)28-18(21)20-17(23)11-2-4-13-16(8-11)27-10-19-13/h2-5,8-10H,6-7H2,1H3. The first-order valence-corrected chi connectivity index (χ1v) is 9.95. The van der Waals surface area contributed by atoms with Crippen LogP contribution in [0.4, 0.5) is 5.69 Å². The minimum absolute atomic E-state index is 0.00927. The van der Waals surface area contributed by atoms with Gasteiger partial charge in [0.15, 0.2) is 4.80 Å². The van der Waals surface area contributed by atoms with Crippen molar-refractivity contribution in [3.63, 3.8) is 0 Å². The zero-order valence-corrected chi connectivity index (χ0v) is 16.3. The normalized spacial score (nSPS) is 12.1. The minimum Gasteiger partial charge on any atom is -0.383 e. The molecule has 0 aliphatic heterocycles. The third kappa shape index (κ3) is 3.44. The van der Waals surface area contributed by atoms with Crippen LogP contribution in [0.25, 0.3) is 20.4 Å². The molecule has 0 saturated carbocycles. The minimum atomic E-state index is -0.440. The highest BCUT2D eigenvalue weighted by Gasteiger charge is 2.14. The summed E-state index contributed by atoms with van der Waals surface area (Å²) in [7, 11) is 1.57. The van der Waals surface area contributed by atoms with Crippen molar-refractivity contribution in [2.75, 3.05) is 13.7 Å². The van der Waals surface area contributed by atoms with Crippen LogP contribution >= 0.6 is 22.7 Å². The van der Waals surface area contributed by atoms with Crippen molar-refractivity contribution < 1.29 is 14.5 Å². The Hall–Kier alpha value is -2.95. The number of hydrogen-bond donors (Lipinski definition) is 0. The maximum Gasteiger partial charge on any atom is 0.279 e. The van der Waals surface area contributed by atoms with E-state index in [0.29, 0.717) is 29.0 Å². The largest absolute Gasteiger partial charge is 0.383 e. The van der Waals surface area contributed by atoms with E-state index in [4.69, 9.17) is 4.74 Å². The van der Waals surface area contributed by atoms with Crippen LogP contribution in [0.2, 0.25) is 0 Å². The van der Waals surface area contributed by atoms with Gasteiger partial charge in [0.25, 0.3) is 11.6 Å². The van der Waals surface area contributed by atoms with E-state index < -0.39 is 4.92 Å².